The number of hydrogen-bond acceptors (Lipinski definition) is 8. The van der Waals surface area contributed by atoms with E-state index in [4.69, 9.17) is 16.2 Å². The van der Waals surface area contributed by atoms with Gasteiger partial charge in [0.1, 0.15) is 5.82 Å². The fourth-order valence-electron chi connectivity index (χ4n) is 2.02. The summed E-state index contributed by atoms with van der Waals surface area (Å²) in [7, 11) is 0. The molecule has 138 valence electrons. The Morgan fingerprint density at radius 2 is 2.12 bits per heavy atom. The Bertz CT molecular complexity index is 1000. The predicted octanol–water partition coefficient (Wildman–Crippen LogP) is 0.806. The molecule has 1 aromatic carbocycles. The molecule has 0 saturated carbocycles. The van der Waals surface area contributed by atoms with Crippen molar-refractivity contribution in [2.24, 2.45) is 0 Å². The lowest BCUT2D eigenvalue weighted by atomic mass is 10.3. The van der Waals surface area contributed by atoms with Crippen molar-refractivity contribution < 1.29 is 22.3 Å². The molecule has 0 radical (unpaired) electrons. The Kier molecular flexibility index (Phi) is 5.41. The smallest absolute Gasteiger partial charge is 0.364 e. The fraction of sp³-hybridized carbons (Fsp3) is 0.167. The third-order valence-electron chi connectivity index (χ3n) is 3.11. The molecule has 2 aromatic heterocycles. The second-order valence-corrected chi connectivity index (χ2v) is 5.93. The number of benzene rings is 1. The Labute approximate surface area is 151 Å². The van der Waals surface area contributed by atoms with Crippen LogP contribution in [0, 0.1) is 5.82 Å². The van der Waals surface area contributed by atoms with Crippen molar-refractivity contribution in [2.45, 2.75) is 0 Å². The van der Waals surface area contributed by atoms with Crippen molar-refractivity contribution in [2.75, 3.05) is 18.4 Å². The summed E-state index contributed by atoms with van der Waals surface area (Å²) in [6, 6.07) is 3.62. The molecule has 3 N–H and O–H groups in total. The average molecular weight is 405 g/mol. The first kappa shape index (κ1) is 18.2. The van der Waals surface area contributed by atoms with Crippen LogP contribution in [0.2, 0.25) is 5.02 Å². The van der Waals surface area contributed by atoms with E-state index in [2.05, 4.69) is 34.7 Å². The second-order valence-electron chi connectivity index (χ2n) is 4.74. The van der Waals surface area contributed by atoms with E-state index in [1.807, 2.05) is 0 Å². The standard InChI is InChI=1S/C12H10ClFN6O5S/c13-7-5-6(1-2-8(7)14)20-11(19-24-12(20)21)9-10(18-25-17-9)15-3-4-16-26(22)23/h1-2,5,16H,3-4H2,(H,15,18)(H,22,23). The number of hydrogen-bond donors (Lipinski definition) is 3. The molecule has 0 saturated heterocycles. The number of rotatable bonds is 7. The third kappa shape index (κ3) is 3.80. The monoisotopic (exact) mass is 404 g/mol. The van der Waals surface area contributed by atoms with Crippen LogP contribution in [0.25, 0.3) is 17.2 Å². The molecule has 3 aromatic rings. The lowest BCUT2D eigenvalue weighted by Gasteiger charge is -2.05. The molecule has 0 aliphatic heterocycles. The van der Waals surface area contributed by atoms with E-state index in [1.54, 1.807) is 0 Å². The lowest BCUT2D eigenvalue weighted by molar-refractivity contribution is 0.309. The molecule has 1 atom stereocenters. The summed E-state index contributed by atoms with van der Waals surface area (Å²) in [5.41, 5.74) is 0.241. The number of nitrogens with one attached hydrogen (secondary N) is 2. The van der Waals surface area contributed by atoms with Gasteiger partial charge < -0.3 is 5.32 Å². The molecule has 11 nitrogen and oxygen atoms in total. The van der Waals surface area contributed by atoms with Crippen LogP contribution in [0.3, 0.4) is 0 Å². The highest BCUT2D eigenvalue weighted by Crippen LogP contribution is 2.25. The van der Waals surface area contributed by atoms with E-state index < -0.39 is 22.8 Å². The maximum Gasteiger partial charge on any atom is 0.446 e. The summed E-state index contributed by atoms with van der Waals surface area (Å²) in [6.45, 7) is 0.326. The van der Waals surface area contributed by atoms with Gasteiger partial charge in [-0.25, -0.2) is 27.3 Å². The van der Waals surface area contributed by atoms with Gasteiger partial charge in [-0.05, 0) is 28.5 Å². The highest BCUT2D eigenvalue weighted by molar-refractivity contribution is 7.77. The van der Waals surface area contributed by atoms with Crippen LogP contribution in [-0.4, -0.2) is 41.9 Å². The molecular formula is C12H10ClFN6O5S. The van der Waals surface area contributed by atoms with Crippen LogP contribution >= 0.6 is 11.6 Å². The molecule has 0 aliphatic rings. The summed E-state index contributed by atoms with van der Waals surface area (Å²) in [6.07, 6.45) is 0. The molecular weight excluding hydrogens is 395 g/mol. The Morgan fingerprint density at radius 1 is 1.31 bits per heavy atom. The summed E-state index contributed by atoms with van der Waals surface area (Å²) in [5.74, 6) is -1.44. The van der Waals surface area contributed by atoms with Crippen molar-refractivity contribution >= 4 is 28.7 Å². The van der Waals surface area contributed by atoms with E-state index in [0.717, 1.165) is 10.6 Å². The van der Waals surface area contributed by atoms with Gasteiger partial charge in [-0.3, -0.25) is 9.08 Å². The minimum atomic E-state index is -2.15. The lowest BCUT2D eigenvalue weighted by Crippen LogP contribution is -2.24. The predicted molar refractivity (Wildman–Crippen MR) is 87.6 cm³/mol. The van der Waals surface area contributed by atoms with Crippen LogP contribution < -0.4 is 15.8 Å². The quantitative estimate of drug-likeness (QED) is 0.384. The maximum atomic E-state index is 13.4. The van der Waals surface area contributed by atoms with Gasteiger partial charge in [-0.2, -0.15) is 0 Å². The van der Waals surface area contributed by atoms with Gasteiger partial charge in [-0.15, -0.1) is 0 Å². The molecule has 26 heavy (non-hydrogen) atoms. The zero-order valence-electron chi connectivity index (χ0n) is 12.7. The number of aromatic nitrogens is 4. The number of halogens is 2. The summed E-state index contributed by atoms with van der Waals surface area (Å²) < 4.78 is 45.1. The highest BCUT2D eigenvalue weighted by Gasteiger charge is 2.23. The molecule has 14 heteroatoms. The van der Waals surface area contributed by atoms with Crippen molar-refractivity contribution in [3.8, 4) is 17.2 Å². The van der Waals surface area contributed by atoms with Crippen molar-refractivity contribution in [3.63, 3.8) is 0 Å². The van der Waals surface area contributed by atoms with E-state index in [0.29, 0.717) is 0 Å². The van der Waals surface area contributed by atoms with Gasteiger partial charge in [0.25, 0.3) is 0 Å². The third-order valence-corrected chi connectivity index (χ3v) is 3.85. The van der Waals surface area contributed by atoms with E-state index in [9.17, 15) is 13.4 Å². The zero-order chi connectivity index (χ0) is 18.7. The maximum absolute atomic E-state index is 13.4. The number of nitrogens with zero attached hydrogens (tertiary/aromatic N) is 4. The van der Waals surface area contributed by atoms with E-state index in [-0.39, 0.29) is 41.1 Å². The van der Waals surface area contributed by atoms with Gasteiger partial charge in [0.2, 0.25) is 22.9 Å². The summed E-state index contributed by atoms with van der Waals surface area (Å²) in [5, 5.41) is 13.5. The van der Waals surface area contributed by atoms with Crippen LogP contribution in [-0.2, 0) is 11.3 Å². The molecule has 0 aliphatic carbocycles. The van der Waals surface area contributed by atoms with Crippen molar-refractivity contribution in [1.82, 2.24) is 24.8 Å². The molecule has 0 spiro atoms. The van der Waals surface area contributed by atoms with Crippen molar-refractivity contribution in [1.29, 1.82) is 0 Å². The first-order valence-corrected chi connectivity index (χ1v) is 8.41. The molecule has 2 heterocycles. The van der Waals surface area contributed by atoms with Gasteiger partial charge in [0, 0.05) is 13.1 Å². The fourth-order valence-corrected chi connectivity index (χ4v) is 2.47. The average Bonchev–Trinajstić information content (AvgIpc) is 3.20. The largest absolute Gasteiger partial charge is 0.446 e. The number of anilines is 1. The van der Waals surface area contributed by atoms with Crippen LogP contribution in [0.5, 0.6) is 0 Å². The zero-order valence-corrected chi connectivity index (χ0v) is 14.3. The Balaban J connectivity index is 1.92. The van der Waals surface area contributed by atoms with E-state index in [1.165, 1.54) is 12.1 Å². The summed E-state index contributed by atoms with van der Waals surface area (Å²) in [4.78, 5) is 12.0. The SMILES string of the molecule is O=c1onc(-c2nonc2NCCNS(=O)O)n1-c1ccc(F)c(Cl)c1. The van der Waals surface area contributed by atoms with Crippen LogP contribution in [0.1, 0.15) is 0 Å². The first-order chi connectivity index (χ1) is 12.5. The minimum absolute atomic E-state index is 0.0430. The van der Waals surface area contributed by atoms with Gasteiger partial charge in [0.05, 0.1) is 10.7 Å². The minimum Gasteiger partial charge on any atom is -0.364 e. The highest BCUT2D eigenvalue weighted by atomic mass is 35.5. The molecule has 0 bridgehead atoms. The van der Waals surface area contributed by atoms with Crippen LogP contribution in [0.15, 0.2) is 32.1 Å². The first-order valence-electron chi connectivity index (χ1n) is 6.92. The van der Waals surface area contributed by atoms with E-state index >= 15 is 0 Å². The topological polar surface area (TPSA) is 148 Å². The second kappa shape index (κ2) is 7.74. The van der Waals surface area contributed by atoms with Crippen LogP contribution in [0.4, 0.5) is 10.2 Å². The summed E-state index contributed by atoms with van der Waals surface area (Å²) >= 11 is 3.60. The van der Waals surface area contributed by atoms with Gasteiger partial charge in [-0.1, -0.05) is 16.8 Å². The molecule has 0 amide bonds. The van der Waals surface area contributed by atoms with Gasteiger partial charge >= 0.3 is 5.76 Å². The normalized spacial score (nSPS) is 12.3. The Morgan fingerprint density at radius 3 is 2.85 bits per heavy atom. The van der Waals surface area contributed by atoms with Crippen molar-refractivity contribution in [3.05, 3.63) is 39.6 Å². The Hall–Kier alpha value is -2.61. The van der Waals surface area contributed by atoms with Gasteiger partial charge in [0.15, 0.2) is 5.69 Å². The molecule has 3 rings (SSSR count). The molecule has 0 fully saturated rings. The molecule has 1 unspecified atom stereocenters.